The largest absolute Gasteiger partial charge is 0.376 e. The van der Waals surface area contributed by atoms with Crippen molar-refractivity contribution in [1.29, 1.82) is 0 Å². The third kappa shape index (κ3) is 5.50. The average Bonchev–Trinajstić information content (AvgIpc) is 2.10. The molecule has 1 saturated heterocycles. The third-order valence-corrected chi connectivity index (χ3v) is 2.97. The summed E-state index contributed by atoms with van der Waals surface area (Å²) in [5, 5.41) is 3.53. The van der Waals surface area contributed by atoms with E-state index in [0.717, 1.165) is 32.2 Å². The zero-order valence-electron chi connectivity index (χ0n) is 10.7. The van der Waals surface area contributed by atoms with Crippen molar-refractivity contribution < 1.29 is 4.74 Å². The van der Waals surface area contributed by atoms with Gasteiger partial charge in [-0.1, -0.05) is 0 Å². The molecule has 0 aromatic heterocycles. The molecule has 1 atom stereocenters. The number of hydrogen-bond acceptors (Lipinski definition) is 3. The normalized spacial score (nSPS) is 25.8. The van der Waals surface area contributed by atoms with Gasteiger partial charge in [-0.3, -0.25) is 0 Å². The summed E-state index contributed by atoms with van der Waals surface area (Å²) >= 11 is 0. The smallest absolute Gasteiger partial charge is 0.0629 e. The van der Waals surface area contributed by atoms with E-state index in [4.69, 9.17) is 4.74 Å². The first-order valence-corrected chi connectivity index (χ1v) is 5.99. The van der Waals surface area contributed by atoms with E-state index in [9.17, 15) is 0 Å². The van der Waals surface area contributed by atoms with Gasteiger partial charge in [0.2, 0.25) is 0 Å². The fourth-order valence-corrected chi connectivity index (χ4v) is 2.14. The standard InChI is InChI=1S/C12H26N2O/c1-12(2)9-11(5-8-15-12)10-13-6-7-14(3)4/h11,13H,5-10H2,1-4H3/t11-/m1/s1. The lowest BCUT2D eigenvalue weighted by molar-refractivity contribution is -0.0718. The molecule has 15 heavy (non-hydrogen) atoms. The molecule has 1 heterocycles. The van der Waals surface area contributed by atoms with E-state index >= 15 is 0 Å². The molecule has 1 rings (SSSR count). The molecule has 0 saturated carbocycles. The van der Waals surface area contributed by atoms with Gasteiger partial charge in [0.1, 0.15) is 0 Å². The van der Waals surface area contributed by atoms with Crippen molar-refractivity contribution in [3.63, 3.8) is 0 Å². The molecule has 1 aliphatic rings. The minimum absolute atomic E-state index is 0.0894. The highest BCUT2D eigenvalue weighted by molar-refractivity contribution is 4.79. The van der Waals surface area contributed by atoms with E-state index in [2.05, 4.69) is 38.2 Å². The van der Waals surface area contributed by atoms with Crippen molar-refractivity contribution >= 4 is 0 Å². The molecule has 1 fully saturated rings. The first-order valence-electron chi connectivity index (χ1n) is 5.99. The quantitative estimate of drug-likeness (QED) is 0.699. The zero-order valence-corrected chi connectivity index (χ0v) is 10.7. The maximum absolute atomic E-state index is 5.70. The van der Waals surface area contributed by atoms with Crippen LogP contribution in [0.15, 0.2) is 0 Å². The Morgan fingerprint density at radius 2 is 2.13 bits per heavy atom. The maximum Gasteiger partial charge on any atom is 0.0629 e. The minimum atomic E-state index is 0.0894. The van der Waals surface area contributed by atoms with Crippen molar-refractivity contribution in [3.8, 4) is 0 Å². The Morgan fingerprint density at radius 3 is 2.73 bits per heavy atom. The number of ether oxygens (including phenoxy) is 1. The van der Waals surface area contributed by atoms with Crippen molar-refractivity contribution in [2.24, 2.45) is 5.92 Å². The number of likely N-dealkylation sites (N-methyl/N-ethyl adjacent to an activating group) is 1. The fraction of sp³-hybridized carbons (Fsp3) is 1.00. The average molecular weight is 214 g/mol. The lowest BCUT2D eigenvalue weighted by Crippen LogP contribution is -2.39. The van der Waals surface area contributed by atoms with Crippen LogP contribution in [0.2, 0.25) is 0 Å². The Bertz CT molecular complexity index is 180. The summed E-state index contributed by atoms with van der Waals surface area (Å²) in [6, 6.07) is 0. The Kier molecular flexibility index (Phi) is 5.03. The number of hydrogen-bond donors (Lipinski definition) is 1. The SMILES string of the molecule is CN(C)CCNC[C@@H]1CCOC(C)(C)C1. The lowest BCUT2D eigenvalue weighted by atomic mass is 9.88. The Labute approximate surface area is 94.2 Å². The van der Waals surface area contributed by atoms with Crippen LogP contribution in [0.5, 0.6) is 0 Å². The molecule has 0 spiro atoms. The second kappa shape index (κ2) is 5.83. The summed E-state index contributed by atoms with van der Waals surface area (Å²) in [6.07, 6.45) is 2.39. The Morgan fingerprint density at radius 1 is 1.40 bits per heavy atom. The molecule has 1 aliphatic heterocycles. The van der Waals surface area contributed by atoms with Gasteiger partial charge in [0.05, 0.1) is 5.60 Å². The summed E-state index contributed by atoms with van der Waals surface area (Å²) in [5.41, 5.74) is 0.0894. The van der Waals surface area contributed by atoms with E-state index in [-0.39, 0.29) is 5.60 Å². The van der Waals surface area contributed by atoms with Crippen LogP contribution >= 0.6 is 0 Å². The molecule has 1 N–H and O–H groups in total. The first-order chi connectivity index (χ1) is 6.99. The van der Waals surface area contributed by atoms with Gasteiger partial charge in [0.25, 0.3) is 0 Å². The van der Waals surface area contributed by atoms with Crippen molar-refractivity contribution in [2.45, 2.75) is 32.3 Å². The summed E-state index contributed by atoms with van der Waals surface area (Å²) in [5.74, 6) is 0.788. The molecule has 0 aliphatic carbocycles. The van der Waals surface area contributed by atoms with Gasteiger partial charge < -0.3 is 15.0 Å². The van der Waals surface area contributed by atoms with Crippen LogP contribution in [0.3, 0.4) is 0 Å². The van der Waals surface area contributed by atoms with Crippen LogP contribution in [0.1, 0.15) is 26.7 Å². The van der Waals surface area contributed by atoms with Gasteiger partial charge in [-0.05, 0) is 53.2 Å². The topological polar surface area (TPSA) is 24.5 Å². The molecular formula is C12H26N2O. The molecule has 0 aromatic rings. The predicted octanol–water partition coefficient (Wildman–Crippen LogP) is 1.34. The second-order valence-electron chi connectivity index (χ2n) is 5.47. The molecule has 3 nitrogen and oxygen atoms in total. The van der Waals surface area contributed by atoms with Gasteiger partial charge in [-0.15, -0.1) is 0 Å². The van der Waals surface area contributed by atoms with Crippen LogP contribution in [0.4, 0.5) is 0 Å². The van der Waals surface area contributed by atoms with E-state index in [1.54, 1.807) is 0 Å². The van der Waals surface area contributed by atoms with Gasteiger partial charge in [0.15, 0.2) is 0 Å². The highest BCUT2D eigenvalue weighted by atomic mass is 16.5. The van der Waals surface area contributed by atoms with Crippen molar-refractivity contribution in [3.05, 3.63) is 0 Å². The highest BCUT2D eigenvalue weighted by Crippen LogP contribution is 2.27. The zero-order chi connectivity index (χ0) is 11.3. The molecule has 0 amide bonds. The van der Waals surface area contributed by atoms with E-state index in [1.807, 2.05) is 0 Å². The van der Waals surface area contributed by atoms with Crippen LogP contribution in [0.25, 0.3) is 0 Å². The fourth-order valence-electron chi connectivity index (χ4n) is 2.14. The molecule has 3 heteroatoms. The molecule has 0 unspecified atom stereocenters. The molecule has 0 aromatic carbocycles. The number of nitrogens with zero attached hydrogens (tertiary/aromatic N) is 1. The van der Waals surface area contributed by atoms with Crippen LogP contribution in [-0.4, -0.2) is 50.8 Å². The third-order valence-electron chi connectivity index (χ3n) is 2.97. The van der Waals surface area contributed by atoms with Crippen LogP contribution < -0.4 is 5.32 Å². The Hall–Kier alpha value is -0.120. The monoisotopic (exact) mass is 214 g/mol. The lowest BCUT2D eigenvalue weighted by Gasteiger charge is -2.35. The van der Waals surface area contributed by atoms with Crippen LogP contribution in [-0.2, 0) is 4.74 Å². The van der Waals surface area contributed by atoms with Gasteiger partial charge in [-0.2, -0.15) is 0 Å². The van der Waals surface area contributed by atoms with Crippen molar-refractivity contribution in [1.82, 2.24) is 10.2 Å². The van der Waals surface area contributed by atoms with Gasteiger partial charge in [0, 0.05) is 19.7 Å². The van der Waals surface area contributed by atoms with E-state index in [1.165, 1.54) is 12.8 Å². The van der Waals surface area contributed by atoms with E-state index < -0.39 is 0 Å². The Balaban J connectivity index is 2.11. The molecule has 90 valence electrons. The van der Waals surface area contributed by atoms with Crippen LogP contribution in [0, 0.1) is 5.92 Å². The molecule has 0 bridgehead atoms. The summed E-state index contributed by atoms with van der Waals surface area (Å²) in [6.45, 7) is 8.66. The predicted molar refractivity (Wildman–Crippen MR) is 64.2 cm³/mol. The first kappa shape index (κ1) is 12.9. The summed E-state index contributed by atoms with van der Waals surface area (Å²) in [7, 11) is 4.22. The van der Waals surface area contributed by atoms with E-state index in [0.29, 0.717) is 0 Å². The molecule has 0 radical (unpaired) electrons. The second-order valence-corrected chi connectivity index (χ2v) is 5.47. The van der Waals surface area contributed by atoms with Gasteiger partial charge in [-0.25, -0.2) is 0 Å². The van der Waals surface area contributed by atoms with Gasteiger partial charge >= 0.3 is 0 Å². The molecular weight excluding hydrogens is 188 g/mol. The number of rotatable bonds is 5. The minimum Gasteiger partial charge on any atom is -0.376 e. The number of nitrogens with one attached hydrogen (secondary N) is 1. The summed E-state index contributed by atoms with van der Waals surface area (Å²) < 4.78 is 5.70. The maximum atomic E-state index is 5.70. The summed E-state index contributed by atoms with van der Waals surface area (Å²) in [4.78, 5) is 2.21. The van der Waals surface area contributed by atoms with Crippen molar-refractivity contribution in [2.75, 3.05) is 40.3 Å². The highest BCUT2D eigenvalue weighted by Gasteiger charge is 2.28.